The molecular formula is C8H19KO5P. The minimum absolute atomic E-state index is 0. The van der Waals surface area contributed by atoms with Gasteiger partial charge in [-0.3, -0.25) is 9.05 Å². The van der Waals surface area contributed by atoms with Crippen LogP contribution in [0.1, 0.15) is 32.6 Å². The van der Waals surface area contributed by atoms with E-state index in [9.17, 15) is 4.57 Å². The van der Waals surface area contributed by atoms with Gasteiger partial charge >= 0.3 is 7.82 Å². The van der Waals surface area contributed by atoms with E-state index in [0.717, 1.165) is 25.7 Å². The Kier molecular flexibility index (Phi) is 15.5. The number of phosphoric ester groups is 1. The zero-order valence-corrected chi connectivity index (χ0v) is 13.5. The molecule has 0 aliphatic heterocycles. The van der Waals surface area contributed by atoms with E-state index in [-0.39, 0.29) is 71.2 Å². The number of aliphatic hydroxyl groups excluding tert-OH is 1. The molecule has 5 nitrogen and oxygen atoms in total. The molecule has 15 heavy (non-hydrogen) atoms. The second-order valence-corrected chi connectivity index (χ2v) is 4.37. The van der Waals surface area contributed by atoms with Gasteiger partial charge in [0, 0.05) is 51.4 Å². The molecule has 0 saturated carbocycles. The second kappa shape index (κ2) is 12.2. The number of rotatable bonds is 9. The summed E-state index contributed by atoms with van der Waals surface area (Å²) >= 11 is 0. The molecule has 0 bridgehead atoms. The number of unbranched alkanes of at least 4 members (excludes halogenated alkanes) is 3. The zero-order chi connectivity index (χ0) is 10.9. The third-order valence-corrected chi connectivity index (χ3v) is 2.62. The molecule has 0 fully saturated rings. The van der Waals surface area contributed by atoms with Gasteiger partial charge in [0.1, 0.15) is 0 Å². The van der Waals surface area contributed by atoms with E-state index in [2.05, 4.69) is 16.0 Å². The van der Waals surface area contributed by atoms with Crippen molar-refractivity contribution < 1.29 is 23.6 Å². The van der Waals surface area contributed by atoms with Crippen LogP contribution in [0.4, 0.5) is 0 Å². The molecule has 0 aromatic rings. The van der Waals surface area contributed by atoms with Crippen LogP contribution in [0.5, 0.6) is 0 Å². The maximum Gasteiger partial charge on any atom is 0.472 e. The first-order valence-electron chi connectivity index (χ1n) is 4.85. The Morgan fingerprint density at radius 1 is 1.13 bits per heavy atom. The van der Waals surface area contributed by atoms with E-state index in [1.54, 1.807) is 0 Å². The Hall–Kier alpha value is 1.71. The van der Waals surface area contributed by atoms with Gasteiger partial charge in [-0.25, -0.2) is 4.57 Å². The number of hydrogen-bond acceptors (Lipinski definition) is 4. The van der Waals surface area contributed by atoms with Crippen molar-refractivity contribution in [1.82, 2.24) is 0 Å². The second-order valence-electron chi connectivity index (χ2n) is 2.92. The number of phosphoric acid groups is 1. The summed E-state index contributed by atoms with van der Waals surface area (Å²) in [6.45, 7) is 1.84. The molecule has 2 N–H and O–H groups in total. The Bertz CT molecular complexity index is 178. The summed E-state index contributed by atoms with van der Waals surface area (Å²) in [5.74, 6) is 0. The van der Waals surface area contributed by atoms with Crippen LogP contribution in [0.25, 0.3) is 0 Å². The molecule has 0 aliphatic rings. The van der Waals surface area contributed by atoms with Crippen molar-refractivity contribution in [3.8, 4) is 0 Å². The maximum atomic E-state index is 11.0. The van der Waals surface area contributed by atoms with Gasteiger partial charge in [0.05, 0.1) is 19.8 Å². The van der Waals surface area contributed by atoms with E-state index in [1.165, 1.54) is 0 Å². The average Bonchev–Trinajstić information content (AvgIpc) is 2.15. The maximum absolute atomic E-state index is 11.0. The van der Waals surface area contributed by atoms with E-state index in [1.807, 2.05) is 0 Å². The Morgan fingerprint density at radius 2 is 1.73 bits per heavy atom. The quantitative estimate of drug-likeness (QED) is 0.373. The summed E-state index contributed by atoms with van der Waals surface area (Å²) in [5.41, 5.74) is 0. The zero-order valence-electron chi connectivity index (χ0n) is 9.52. The molecule has 1 atom stereocenters. The summed E-state index contributed by atoms with van der Waals surface area (Å²) < 4.78 is 20.1. The van der Waals surface area contributed by atoms with Crippen LogP contribution in [-0.4, -0.2) is 81.2 Å². The molecule has 0 spiro atoms. The minimum atomic E-state index is -3.92. The van der Waals surface area contributed by atoms with Crippen LogP contribution >= 0.6 is 7.82 Å². The standard InChI is InChI=1S/C8H19O5P.K/c1-2-3-4-5-7-12-14(10,11)13-8-6-9;/h9H,2-8H2,1H3,(H,10,11);. The van der Waals surface area contributed by atoms with Gasteiger partial charge in [-0.2, -0.15) is 0 Å². The molecule has 0 aromatic carbocycles. The topological polar surface area (TPSA) is 76.0 Å². The van der Waals surface area contributed by atoms with Crippen LogP contribution in [-0.2, 0) is 13.6 Å². The molecule has 7 heteroatoms. The molecule has 1 radical (unpaired) electrons. The third-order valence-electron chi connectivity index (χ3n) is 1.60. The van der Waals surface area contributed by atoms with Crippen LogP contribution in [0.3, 0.4) is 0 Å². The molecule has 0 saturated heterocycles. The van der Waals surface area contributed by atoms with Crippen molar-refractivity contribution in [1.29, 1.82) is 0 Å². The van der Waals surface area contributed by atoms with Crippen molar-refractivity contribution >= 4 is 59.2 Å². The van der Waals surface area contributed by atoms with E-state index in [0.29, 0.717) is 0 Å². The third kappa shape index (κ3) is 13.6. The van der Waals surface area contributed by atoms with Gasteiger partial charge in [-0.1, -0.05) is 26.2 Å². The van der Waals surface area contributed by atoms with Gasteiger partial charge in [-0.05, 0) is 6.42 Å². The summed E-state index contributed by atoms with van der Waals surface area (Å²) in [6.07, 6.45) is 3.94. The first-order chi connectivity index (χ1) is 6.62. The SMILES string of the molecule is CCCCCCOP(=O)(O)OCCO.[K]. The Balaban J connectivity index is 0. The van der Waals surface area contributed by atoms with Gasteiger partial charge in [0.25, 0.3) is 0 Å². The van der Waals surface area contributed by atoms with E-state index >= 15 is 0 Å². The molecule has 0 rings (SSSR count). The fraction of sp³-hybridized carbons (Fsp3) is 1.00. The Morgan fingerprint density at radius 3 is 2.27 bits per heavy atom. The van der Waals surface area contributed by atoms with Gasteiger partial charge in [0.2, 0.25) is 0 Å². The fourth-order valence-corrected chi connectivity index (χ4v) is 1.65. The van der Waals surface area contributed by atoms with E-state index in [4.69, 9.17) is 10.00 Å². The van der Waals surface area contributed by atoms with Crippen molar-refractivity contribution in [2.45, 2.75) is 32.6 Å². The van der Waals surface area contributed by atoms with Crippen LogP contribution in [0.15, 0.2) is 0 Å². The first-order valence-corrected chi connectivity index (χ1v) is 6.34. The van der Waals surface area contributed by atoms with Crippen LogP contribution < -0.4 is 0 Å². The van der Waals surface area contributed by atoms with Gasteiger partial charge in [-0.15, -0.1) is 0 Å². The largest absolute Gasteiger partial charge is 0.472 e. The first kappa shape index (κ1) is 19.1. The number of hydrogen-bond donors (Lipinski definition) is 2. The van der Waals surface area contributed by atoms with Crippen LogP contribution in [0.2, 0.25) is 0 Å². The summed E-state index contributed by atoms with van der Waals surface area (Å²) in [5, 5.41) is 8.36. The smallest absolute Gasteiger partial charge is 0.394 e. The van der Waals surface area contributed by atoms with Crippen molar-refractivity contribution in [3.63, 3.8) is 0 Å². The summed E-state index contributed by atoms with van der Waals surface area (Å²) in [6, 6.07) is 0. The molecule has 0 heterocycles. The molecule has 0 aliphatic carbocycles. The predicted octanol–water partition coefficient (Wildman–Crippen LogP) is 1.31. The number of aliphatic hydroxyl groups is 1. The predicted molar refractivity (Wildman–Crippen MR) is 58.7 cm³/mol. The monoisotopic (exact) mass is 265 g/mol. The normalized spacial score (nSPS) is 14.3. The van der Waals surface area contributed by atoms with E-state index < -0.39 is 7.82 Å². The van der Waals surface area contributed by atoms with Crippen molar-refractivity contribution in [2.24, 2.45) is 0 Å². The van der Waals surface area contributed by atoms with Gasteiger partial charge < -0.3 is 10.00 Å². The molecule has 0 amide bonds. The van der Waals surface area contributed by atoms with Crippen LogP contribution in [0, 0.1) is 0 Å². The Labute approximate surface area is 134 Å². The minimum Gasteiger partial charge on any atom is -0.394 e. The molecule has 1 unspecified atom stereocenters. The molecular weight excluding hydrogens is 246 g/mol. The average molecular weight is 265 g/mol. The molecule has 87 valence electrons. The van der Waals surface area contributed by atoms with Crippen molar-refractivity contribution in [3.05, 3.63) is 0 Å². The van der Waals surface area contributed by atoms with Crippen molar-refractivity contribution in [2.75, 3.05) is 19.8 Å². The van der Waals surface area contributed by atoms with Gasteiger partial charge in [0.15, 0.2) is 0 Å². The summed E-state index contributed by atoms with van der Waals surface area (Å²) in [4.78, 5) is 9.00. The summed E-state index contributed by atoms with van der Waals surface area (Å²) in [7, 11) is -3.92. The molecule has 0 aromatic heterocycles. The fourth-order valence-electron chi connectivity index (χ4n) is 0.902.